The van der Waals surface area contributed by atoms with Crippen molar-refractivity contribution in [2.24, 2.45) is 0 Å². The summed E-state index contributed by atoms with van der Waals surface area (Å²) >= 11 is 1.74. The summed E-state index contributed by atoms with van der Waals surface area (Å²) in [5, 5.41) is 4.32. The second-order valence-electron chi connectivity index (χ2n) is 6.52. The Labute approximate surface area is 135 Å². The van der Waals surface area contributed by atoms with Crippen molar-refractivity contribution in [3.05, 3.63) is 22.4 Å². The molecule has 0 radical (unpaired) electrons. The van der Waals surface area contributed by atoms with E-state index < -0.39 is 0 Å². The molecule has 0 unspecified atom stereocenters. The Morgan fingerprint density at radius 3 is 3.05 bits per heavy atom. The zero-order valence-electron chi connectivity index (χ0n) is 13.3. The number of nitrogens with zero attached hydrogens (tertiary/aromatic N) is 2. The highest BCUT2D eigenvalue weighted by Gasteiger charge is 2.47. The summed E-state index contributed by atoms with van der Waals surface area (Å²) in [6.07, 6.45) is 1.92. The van der Waals surface area contributed by atoms with Crippen molar-refractivity contribution >= 4 is 17.2 Å². The average molecular weight is 324 g/mol. The van der Waals surface area contributed by atoms with E-state index >= 15 is 0 Å². The fourth-order valence-corrected chi connectivity index (χ4v) is 3.84. The first-order valence-corrected chi connectivity index (χ1v) is 8.70. The van der Waals surface area contributed by atoms with Crippen LogP contribution in [0.15, 0.2) is 16.8 Å². The van der Waals surface area contributed by atoms with Crippen LogP contribution in [0.25, 0.3) is 0 Å². The van der Waals surface area contributed by atoms with Gasteiger partial charge in [-0.25, -0.2) is 0 Å². The Balaban J connectivity index is 1.44. The van der Waals surface area contributed by atoms with E-state index in [1.807, 2.05) is 0 Å². The van der Waals surface area contributed by atoms with E-state index in [-0.39, 0.29) is 24.2 Å². The van der Waals surface area contributed by atoms with Gasteiger partial charge in [0, 0.05) is 46.8 Å². The van der Waals surface area contributed by atoms with Gasteiger partial charge in [-0.3, -0.25) is 9.69 Å². The minimum Gasteiger partial charge on any atom is -0.372 e. The normalized spacial score (nSPS) is 24.2. The molecule has 2 aliphatic heterocycles. The molecule has 122 valence electrons. The third kappa shape index (κ3) is 3.68. The van der Waals surface area contributed by atoms with Gasteiger partial charge < -0.3 is 14.4 Å². The molecule has 22 heavy (non-hydrogen) atoms. The second kappa shape index (κ2) is 6.66. The molecule has 2 aliphatic rings. The van der Waals surface area contributed by atoms with E-state index in [4.69, 9.17) is 9.47 Å². The maximum Gasteiger partial charge on any atom is 0.248 e. The number of thiophene rings is 1. The van der Waals surface area contributed by atoms with Crippen molar-refractivity contribution < 1.29 is 14.3 Å². The second-order valence-corrected chi connectivity index (χ2v) is 7.30. The first kappa shape index (κ1) is 15.9. The summed E-state index contributed by atoms with van der Waals surface area (Å²) < 4.78 is 11.8. The van der Waals surface area contributed by atoms with Crippen molar-refractivity contribution in [3.63, 3.8) is 0 Å². The van der Waals surface area contributed by atoms with Crippen LogP contribution >= 0.6 is 11.3 Å². The lowest BCUT2D eigenvalue weighted by Gasteiger charge is -2.53. The van der Waals surface area contributed by atoms with E-state index in [0.29, 0.717) is 0 Å². The van der Waals surface area contributed by atoms with Gasteiger partial charge in [0.1, 0.15) is 6.61 Å². The molecule has 1 amide bonds. The fraction of sp³-hybridized carbons (Fsp3) is 0.688. The number of carbonyl (C=O) groups excluding carboxylic acids is 1. The first-order valence-electron chi connectivity index (χ1n) is 7.75. The predicted molar refractivity (Wildman–Crippen MR) is 85.9 cm³/mol. The summed E-state index contributed by atoms with van der Waals surface area (Å²) in [6.45, 7) is 3.83. The highest BCUT2D eigenvalue weighted by Crippen LogP contribution is 2.36. The minimum atomic E-state index is -0.0555. The highest BCUT2D eigenvalue weighted by molar-refractivity contribution is 7.07. The van der Waals surface area contributed by atoms with E-state index in [1.54, 1.807) is 30.3 Å². The number of carbonyl (C=O) groups is 1. The van der Waals surface area contributed by atoms with Crippen LogP contribution in [0, 0.1) is 0 Å². The highest BCUT2D eigenvalue weighted by atomic mass is 32.1. The predicted octanol–water partition coefficient (Wildman–Crippen LogP) is 1.59. The van der Waals surface area contributed by atoms with Gasteiger partial charge in [-0.15, -0.1) is 0 Å². The van der Waals surface area contributed by atoms with Gasteiger partial charge in [0.15, 0.2) is 0 Å². The summed E-state index contributed by atoms with van der Waals surface area (Å²) in [6, 6.07) is 2.18. The van der Waals surface area contributed by atoms with Crippen molar-refractivity contribution in [1.29, 1.82) is 0 Å². The fourth-order valence-electron chi connectivity index (χ4n) is 3.19. The van der Waals surface area contributed by atoms with Crippen molar-refractivity contribution in [1.82, 2.24) is 9.80 Å². The van der Waals surface area contributed by atoms with Crippen molar-refractivity contribution in [2.45, 2.75) is 31.1 Å². The zero-order valence-corrected chi connectivity index (χ0v) is 14.1. The number of amides is 1. The largest absolute Gasteiger partial charge is 0.372 e. The third-order valence-electron chi connectivity index (χ3n) is 4.40. The molecule has 1 spiro atoms. The summed E-state index contributed by atoms with van der Waals surface area (Å²) in [5.74, 6) is 0.0215. The third-order valence-corrected chi connectivity index (χ3v) is 5.13. The molecule has 0 saturated carbocycles. The van der Waals surface area contributed by atoms with E-state index in [1.165, 1.54) is 5.56 Å². The molecule has 2 fully saturated rings. The molecule has 5 nitrogen and oxygen atoms in total. The number of hydrogen-bond donors (Lipinski definition) is 0. The van der Waals surface area contributed by atoms with Gasteiger partial charge in [-0.1, -0.05) is 0 Å². The molecular formula is C16H24N2O3S. The van der Waals surface area contributed by atoms with E-state index in [0.717, 1.165) is 39.1 Å². The van der Waals surface area contributed by atoms with Gasteiger partial charge in [0.05, 0.1) is 11.7 Å². The molecule has 0 aromatic carbocycles. The van der Waals surface area contributed by atoms with E-state index in [2.05, 4.69) is 21.7 Å². The van der Waals surface area contributed by atoms with Crippen molar-refractivity contribution in [2.75, 3.05) is 40.4 Å². The van der Waals surface area contributed by atoms with Crippen LogP contribution in [0.1, 0.15) is 18.4 Å². The Hall–Kier alpha value is -0.950. The van der Waals surface area contributed by atoms with Gasteiger partial charge in [0.25, 0.3) is 0 Å². The molecule has 1 aromatic rings. The van der Waals surface area contributed by atoms with Crippen LogP contribution in [0.2, 0.25) is 0 Å². The van der Waals surface area contributed by atoms with Crippen LogP contribution in [0.5, 0.6) is 0 Å². The number of rotatable bonds is 5. The molecular weight excluding hydrogens is 300 g/mol. The maximum atomic E-state index is 11.6. The molecule has 6 heteroatoms. The number of likely N-dealkylation sites (tertiary alicyclic amines) is 1. The average Bonchev–Trinajstić information content (AvgIpc) is 2.96. The molecule has 3 heterocycles. The van der Waals surface area contributed by atoms with Crippen LogP contribution in [0.4, 0.5) is 0 Å². The molecule has 0 bridgehead atoms. The molecule has 3 rings (SSSR count). The SMILES string of the molecule is CN(C)C(=O)CO[C@@H]1CCOC2(C1)CN(Cc1ccsc1)C2. The van der Waals surface area contributed by atoms with Crippen LogP contribution in [-0.4, -0.2) is 67.8 Å². The Kier molecular flexibility index (Phi) is 4.82. The zero-order chi connectivity index (χ0) is 15.6. The molecule has 0 N–H and O–H groups in total. The first-order chi connectivity index (χ1) is 10.6. The minimum absolute atomic E-state index is 0.0215. The van der Waals surface area contributed by atoms with Gasteiger partial charge in [-0.2, -0.15) is 11.3 Å². The van der Waals surface area contributed by atoms with Crippen LogP contribution < -0.4 is 0 Å². The molecule has 2 saturated heterocycles. The van der Waals surface area contributed by atoms with Crippen LogP contribution in [0.3, 0.4) is 0 Å². The van der Waals surface area contributed by atoms with E-state index in [9.17, 15) is 4.79 Å². The number of ether oxygens (including phenoxy) is 2. The van der Waals surface area contributed by atoms with Crippen molar-refractivity contribution in [3.8, 4) is 0 Å². The topological polar surface area (TPSA) is 42.0 Å². The molecule has 1 atom stereocenters. The molecule has 0 aliphatic carbocycles. The summed E-state index contributed by atoms with van der Waals surface area (Å²) in [4.78, 5) is 15.6. The van der Waals surface area contributed by atoms with Crippen LogP contribution in [-0.2, 0) is 20.8 Å². The number of hydrogen-bond acceptors (Lipinski definition) is 5. The number of likely N-dealkylation sites (N-methyl/N-ethyl adjacent to an activating group) is 1. The Morgan fingerprint density at radius 2 is 2.36 bits per heavy atom. The standard InChI is InChI=1S/C16H24N2O3S/c1-17(2)15(19)9-20-14-3-5-21-16(7-14)11-18(12-16)8-13-4-6-22-10-13/h4,6,10,14H,3,5,7-9,11-12H2,1-2H3/t14-/m1/s1. The quantitative estimate of drug-likeness (QED) is 0.825. The van der Waals surface area contributed by atoms with Gasteiger partial charge >= 0.3 is 0 Å². The monoisotopic (exact) mass is 324 g/mol. The maximum absolute atomic E-state index is 11.6. The summed E-state index contributed by atoms with van der Waals surface area (Å²) in [5.41, 5.74) is 1.32. The lowest BCUT2D eigenvalue weighted by Crippen LogP contribution is -2.65. The van der Waals surface area contributed by atoms with Gasteiger partial charge in [-0.05, 0) is 28.8 Å². The lowest BCUT2D eigenvalue weighted by molar-refractivity contribution is -0.200. The smallest absolute Gasteiger partial charge is 0.248 e. The lowest BCUT2D eigenvalue weighted by atomic mass is 9.84. The summed E-state index contributed by atoms with van der Waals surface area (Å²) in [7, 11) is 3.51. The van der Waals surface area contributed by atoms with Gasteiger partial charge in [0.2, 0.25) is 5.91 Å². The Bertz CT molecular complexity index is 497. The molecule has 1 aromatic heterocycles. The Morgan fingerprint density at radius 1 is 1.55 bits per heavy atom.